The minimum atomic E-state index is -0.133. The standard InChI is InChI=1S/C60H42N2/c1-5-17-43(18-6-1)44-29-34-50(35-30-44)61(52-38-39-53(46-19-7-2-8-20-46)56(42-52)48-23-11-4-12-24-48)51-36-31-45(32-37-51)49-33-40-60-57(41-49)55-26-14-16-28-59(55)62(60)58-27-15-13-25-54(58)47-21-9-3-10-22-47/h1-42H/i31D,32D,36D,37D. The second-order valence-corrected chi connectivity index (χ2v) is 15.4. The maximum Gasteiger partial charge on any atom is 0.0645 e. The van der Waals surface area contributed by atoms with E-state index in [2.05, 4.69) is 114 Å². The molecule has 10 aromatic carbocycles. The minimum Gasteiger partial charge on any atom is -0.310 e. The highest BCUT2D eigenvalue weighted by Crippen LogP contribution is 2.43. The number of aromatic nitrogens is 1. The van der Waals surface area contributed by atoms with Gasteiger partial charge in [-0.3, -0.25) is 0 Å². The summed E-state index contributed by atoms with van der Waals surface area (Å²) in [4.78, 5) is 1.88. The zero-order valence-corrected chi connectivity index (χ0v) is 33.8. The van der Waals surface area contributed by atoms with E-state index in [4.69, 9.17) is 0 Å². The summed E-state index contributed by atoms with van der Waals surface area (Å²) in [6.45, 7) is 0. The number of nitrogens with zero attached hydrogens (tertiary/aromatic N) is 2. The van der Waals surface area contributed by atoms with E-state index < -0.39 is 0 Å². The van der Waals surface area contributed by atoms with Gasteiger partial charge in [0.05, 0.1) is 22.2 Å². The molecule has 62 heavy (non-hydrogen) atoms. The molecular weight excluding hydrogens is 749 g/mol. The molecule has 0 aliphatic rings. The molecule has 0 unspecified atom stereocenters. The van der Waals surface area contributed by atoms with Crippen molar-refractivity contribution in [2.45, 2.75) is 0 Å². The smallest absolute Gasteiger partial charge is 0.0645 e. The molecule has 0 spiro atoms. The van der Waals surface area contributed by atoms with Crippen LogP contribution in [0.25, 0.3) is 83.1 Å². The Morgan fingerprint density at radius 2 is 0.790 bits per heavy atom. The van der Waals surface area contributed by atoms with Crippen molar-refractivity contribution in [3.05, 3.63) is 255 Å². The lowest BCUT2D eigenvalue weighted by Crippen LogP contribution is -2.10. The van der Waals surface area contributed by atoms with Crippen LogP contribution in [0.2, 0.25) is 0 Å². The van der Waals surface area contributed by atoms with Gasteiger partial charge in [0.2, 0.25) is 0 Å². The molecule has 292 valence electrons. The topological polar surface area (TPSA) is 8.17 Å². The molecule has 1 aromatic heterocycles. The van der Waals surface area contributed by atoms with E-state index in [0.29, 0.717) is 16.9 Å². The van der Waals surface area contributed by atoms with Gasteiger partial charge in [-0.15, -0.1) is 0 Å². The molecule has 0 aliphatic carbocycles. The van der Waals surface area contributed by atoms with Crippen LogP contribution in [0.4, 0.5) is 17.1 Å². The van der Waals surface area contributed by atoms with Gasteiger partial charge in [0.1, 0.15) is 0 Å². The molecule has 2 nitrogen and oxygen atoms in total. The van der Waals surface area contributed by atoms with E-state index >= 15 is 0 Å². The summed E-state index contributed by atoms with van der Waals surface area (Å²) in [7, 11) is 0. The van der Waals surface area contributed by atoms with E-state index in [9.17, 15) is 5.48 Å². The summed E-state index contributed by atoms with van der Waals surface area (Å²) in [5, 5.41) is 1.99. The second-order valence-electron chi connectivity index (χ2n) is 15.4. The lowest BCUT2D eigenvalue weighted by atomic mass is 9.93. The third-order valence-electron chi connectivity index (χ3n) is 11.7. The number of hydrogen-bond acceptors (Lipinski definition) is 1. The van der Waals surface area contributed by atoms with Crippen molar-refractivity contribution in [1.82, 2.24) is 4.57 Å². The van der Waals surface area contributed by atoms with Gasteiger partial charge in [-0.2, -0.15) is 0 Å². The van der Waals surface area contributed by atoms with Crippen LogP contribution in [-0.4, -0.2) is 4.57 Å². The van der Waals surface area contributed by atoms with Crippen molar-refractivity contribution in [2.24, 2.45) is 0 Å². The summed E-state index contributed by atoms with van der Waals surface area (Å²) in [5.41, 5.74) is 13.9. The van der Waals surface area contributed by atoms with Crippen LogP contribution in [-0.2, 0) is 0 Å². The normalized spacial score (nSPS) is 12.1. The average Bonchev–Trinajstić information content (AvgIpc) is 3.71. The lowest BCUT2D eigenvalue weighted by Gasteiger charge is -2.27. The molecule has 0 amide bonds. The molecule has 0 saturated carbocycles. The number of benzene rings is 10. The number of hydrogen-bond donors (Lipinski definition) is 0. The Morgan fingerprint density at radius 3 is 1.47 bits per heavy atom. The molecule has 0 radical (unpaired) electrons. The summed E-state index contributed by atoms with van der Waals surface area (Å²) >= 11 is 0. The van der Waals surface area contributed by atoms with E-state index in [1.54, 1.807) is 0 Å². The van der Waals surface area contributed by atoms with E-state index in [1.807, 2.05) is 126 Å². The average molecular weight is 795 g/mol. The molecule has 0 N–H and O–H groups in total. The van der Waals surface area contributed by atoms with Crippen molar-refractivity contribution in [3.8, 4) is 61.3 Å². The quantitative estimate of drug-likeness (QED) is 0.141. The van der Waals surface area contributed by atoms with Gasteiger partial charge in [0, 0.05) is 33.4 Å². The van der Waals surface area contributed by atoms with Gasteiger partial charge in [-0.1, -0.05) is 194 Å². The molecule has 0 atom stereocenters. The highest BCUT2D eigenvalue weighted by molar-refractivity contribution is 6.11. The Bertz CT molecular complexity index is 3520. The third-order valence-corrected chi connectivity index (χ3v) is 11.7. The summed E-state index contributed by atoms with van der Waals surface area (Å²) < 4.78 is 41.3. The van der Waals surface area contributed by atoms with Gasteiger partial charge < -0.3 is 9.47 Å². The van der Waals surface area contributed by atoms with Crippen LogP contribution in [0.5, 0.6) is 0 Å². The lowest BCUT2D eigenvalue weighted by molar-refractivity contribution is 1.18. The van der Waals surface area contributed by atoms with Gasteiger partial charge in [-0.05, 0) is 111 Å². The van der Waals surface area contributed by atoms with E-state index in [1.165, 1.54) is 0 Å². The number of fused-ring (bicyclic) bond motifs is 3. The maximum atomic E-state index is 9.80. The van der Waals surface area contributed by atoms with Crippen LogP contribution in [0.3, 0.4) is 0 Å². The minimum absolute atomic E-state index is 0.112. The zero-order valence-electron chi connectivity index (χ0n) is 37.8. The van der Waals surface area contributed by atoms with Gasteiger partial charge in [0.15, 0.2) is 0 Å². The van der Waals surface area contributed by atoms with Crippen molar-refractivity contribution < 1.29 is 5.48 Å². The molecule has 0 saturated heterocycles. The van der Waals surface area contributed by atoms with Crippen molar-refractivity contribution in [2.75, 3.05) is 4.90 Å². The Balaban J connectivity index is 1.09. The molecule has 0 fully saturated rings. The first kappa shape index (κ1) is 32.6. The number of para-hydroxylation sites is 2. The van der Waals surface area contributed by atoms with Crippen LogP contribution in [0.1, 0.15) is 5.48 Å². The highest BCUT2D eigenvalue weighted by Gasteiger charge is 2.19. The first-order chi connectivity index (χ1) is 32.4. The van der Waals surface area contributed by atoms with Gasteiger partial charge in [0.25, 0.3) is 0 Å². The van der Waals surface area contributed by atoms with E-state index in [0.717, 1.165) is 72.0 Å². The third kappa shape index (κ3) is 6.84. The Morgan fingerprint density at radius 1 is 0.290 bits per heavy atom. The SMILES string of the molecule is [2H]c1c([2H])c(N(c2ccc(-c3ccccc3)cc2)c2ccc(-c3ccccc3)c(-c3ccccc3)c2)c([2H])c([2H])c1-c1ccc2c(c1)c1ccccc1n2-c1ccccc1-c1ccccc1. The second kappa shape index (κ2) is 16.1. The largest absolute Gasteiger partial charge is 0.310 e. The molecular formula is C60H42N2. The fourth-order valence-electron chi connectivity index (χ4n) is 8.72. The molecule has 0 bridgehead atoms. The fourth-order valence-corrected chi connectivity index (χ4v) is 8.72. The Labute approximate surface area is 368 Å². The molecule has 0 aliphatic heterocycles. The highest BCUT2D eigenvalue weighted by atomic mass is 15.1. The molecule has 2 heteroatoms. The van der Waals surface area contributed by atoms with Crippen LogP contribution < -0.4 is 4.90 Å². The van der Waals surface area contributed by atoms with Gasteiger partial charge >= 0.3 is 0 Å². The number of rotatable bonds is 9. The maximum absolute atomic E-state index is 9.80. The van der Waals surface area contributed by atoms with Crippen molar-refractivity contribution in [1.29, 1.82) is 0 Å². The summed E-state index contributed by atoms with van der Waals surface area (Å²) in [6.07, 6.45) is 0. The Kier molecular flexibility index (Phi) is 8.47. The van der Waals surface area contributed by atoms with E-state index in [-0.39, 0.29) is 35.4 Å². The van der Waals surface area contributed by atoms with Crippen molar-refractivity contribution in [3.63, 3.8) is 0 Å². The number of anilines is 3. The van der Waals surface area contributed by atoms with Crippen molar-refractivity contribution >= 4 is 38.9 Å². The van der Waals surface area contributed by atoms with Crippen LogP contribution in [0.15, 0.2) is 255 Å². The summed E-state index contributed by atoms with van der Waals surface area (Å²) in [6, 6.07) is 77.6. The zero-order chi connectivity index (χ0) is 44.7. The first-order valence-electron chi connectivity index (χ1n) is 22.9. The molecule has 11 aromatic rings. The molecule has 1 heterocycles. The fraction of sp³-hybridized carbons (Fsp3) is 0. The monoisotopic (exact) mass is 794 g/mol. The Hall–Kier alpha value is -8.20. The van der Waals surface area contributed by atoms with Crippen LogP contribution in [0, 0.1) is 0 Å². The van der Waals surface area contributed by atoms with Crippen LogP contribution >= 0.6 is 0 Å². The summed E-state index contributed by atoms with van der Waals surface area (Å²) in [5.74, 6) is 0. The predicted octanol–water partition coefficient (Wildman–Crippen LogP) is 16.6. The first-order valence-corrected chi connectivity index (χ1v) is 20.9. The van der Waals surface area contributed by atoms with Gasteiger partial charge in [-0.25, -0.2) is 0 Å². The predicted molar refractivity (Wildman–Crippen MR) is 263 cm³/mol. The molecule has 11 rings (SSSR count).